The second-order valence-corrected chi connectivity index (χ2v) is 7.40. The van der Waals surface area contributed by atoms with Crippen molar-refractivity contribution in [2.75, 3.05) is 23.1 Å². The van der Waals surface area contributed by atoms with Crippen LogP contribution in [0.3, 0.4) is 0 Å². The molecular weight excluding hydrogens is 346 g/mol. The standard InChI is InChI=1S/C15H17N5O2S2/c21-24(22,19-14-16-8-3-9-17-14)13-6-4-12(5-7-13)18-15(23)20-10-1-2-11-20/h3-9H,1-2,10-11H2,(H,18,23)(H,16,17,19). The summed E-state index contributed by atoms with van der Waals surface area (Å²) in [6, 6.07) is 8.01. The Morgan fingerprint density at radius 2 is 1.71 bits per heavy atom. The molecular formula is C15H17N5O2S2. The van der Waals surface area contributed by atoms with Gasteiger partial charge in [-0.05, 0) is 55.4 Å². The molecule has 1 aromatic carbocycles. The van der Waals surface area contributed by atoms with Crippen LogP contribution >= 0.6 is 12.2 Å². The Morgan fingerprint density at radius 3 is 2.33 bits per heavy atom. The number of rotatable bonds is 4. The van der Waals surface area contributed by atoms with Gasteiger partial charge in [0.2, 0.25) is 5.95 Å². The third-order valence-corrected chi connectivity index (χ3v) is 5.30. The van der Waals surface area contributed by atoms with E-state index in [1.807, 2.05) is 0 Å². The molecule has 1 aliphatic rings. The lowest BCUT2D eigenvalue weighted by Gasteiger charge is -2.19. The molecule has 3 rings (SSSR count). The number of hydrogen-bond acceptors (Lipinski definition) is 5. The summed E-state index contributed by atoms with van der Waals surface area (Å²) in [7, 11) is -3.72. The normalized spacial score (nSPS) is 14.4. The van der Waals surface area contributed by atoms with E-state index in [2.05, 4.69) is 24.9 Å². The van der Waals surface area contributed by atoms with Crippen molar-refractivity contribution in [1.29, 1.82) is 0 Å². The highest BCUT2D eigenvalue weighted by Crippen LogP contribution is 2.17. The van der Waals surface area contributed by atoms with Crippen molar-refractivity contribution in [2.24, 2.45) is 0 Å². The third kappa shape index (κ3) is 3.98. The average Bonchev–Trinajstić information content (AvgIpc) is 3.10. The highest BCUT2D eigenvalue weighted by molar-refractivity contribution is 7.92. The minimum atomic E-state index is -3.72. The van der Waals surface area contributed by atoms with Crippen molar-refractivity contribution >= 4 is 39.0 Å². The number of nitrogens with zero attached hydrogens (tertiary/aromatic N) is 3. The number of anilines is 2. The van der Waals surface area contributed by atoms with Crippen LogP contribution in [0.25, 0.3) is 0 Å². The van der Waals surface area contributed by atoms with Crippen LogP contribution in [0.15, 0.2) is 47.6 Å². The first-order chi connectivity index (χ1) is 11.5. The molecule has 1 saturated heterocycles. The molecule has 2 N–H and O–H groups in total. The van der Waals surface area contributed by atoms with Crippen LogP contribution in [0, 0.1) is 0 Å². The summed E-state index contributed by atoms with van der Waals surface area (Å²) in [5.74, 6) is 0.0370. The highest BCUT2D eigenvalue weighted by atomic mass is 32.2. The van der Waals surface area contributed by atoms with Crippen LogP contribution in [0.5, 0.6) is 0 Å². The van der Waals surface area contributed by atoms with Gasteiger partial charge >= 0.3 is 0 Å². The van der Waals surface area contributed by atoms with Gasteiger partial charge in [-0.15, -0.1) is 0 Å². The highest BCUT2D eigenvalue weighted by Gasteiger charge is 2.17. The SMILES string of the molecule is O=S(=O)(Nc1ncccn1)c1ccc(NC(=S)N2CCCC2)cc1. The molecule has 7 nitrogen and oxygen atoms in total. The van der Waals surface area contributed by atoms with Gasteiger partial charge in [0.25, 0.3) is 10.0 Å². The second-order valence-electron chi connectivity index (χ2n) is 5.33. The Morgan fingerprint density at radius 1 is 1.08 bits per heavy atom. The van der Waals surface area contributed by atoms with E-state index in [0.717, 1.165) is 31.6 Å². The fraction of sp³-hybridized carbons (Fsp3) is 0.267. The first-order valence-electron chi connectivity index (χ1n) is 7.50. The lowest BCUT2D eigenvalue weighted by atomic mass is 10.3. The summed E-state index contributed by atoms with van der Waals surface area (Å²) in [4.78, 5) is 9.95. The van der Waals surface area contributed by atoms with Gasteiger partial charge in [-0.25, -0.2) is 23.1 Å². The van der Waals surface area contributed by atoms with Crippen LogP contribution in [0.2, 0.25) is 0 Å². The van der Waals surface area contributed by atoms with E-state index in [0.29, 0.717) is 5.11 Å². The van der Waals surface area contributed by atoms with Crippen molar-refractivity contribution in [3.63, 3.8) is 0 Å². The number of nitrogens with one attached hydrogen (secondary N) is 2. The molecule has 2 aromatic rings. The molecule has 24 heavy (non-hydrogen) atoms. The molecule has 0 amide bonds. The number of thiocarbonyl (C=S) groups is 1. The summed E-state index contributed by atoms with van der Waals surface area (Å²) in [5, 5.41) is 3.80. The summed E-state index contributed by atoms with van der Waals surface area (Å²) >= 11 is 5.36. The van der Waals surface area contributed by atoms with Gasteiger partial charge < -0.3 is 10.2 Å². The fourth-order valence-electron chi connectivity index (χ4n) is 2.37. The van der Waals surface area contributed by atoms with E-state index in [1.165, 1.54) is 24.5 Å². The monoisotopic (exact) mass is 363 g/mol. The van der Waals surface area contributed by atoms with Gasteiger partial charge in [-0.3, -0.25) is 0 Å². The molecule has 0 radical (unpaired) electrons. The lowest BCUT2D eigenvalue weighted by Crippen LogP contribution is -2.31. The maximum atomic E-state index is 12.3. The van der Waals surface area contributed by atoms with Crippen molar-refractivity contribution in [2.45, 2.75) is 17.7 Å². The lowest BCUT2D eigenvalue weighted by molar-refractivity contribution is 0.528. The number of benzene rings is 1. The topological polar surface area (TPSA) is 87.2 Å². The number of likely N-dealkylation sites (tertiary alicyclic amines) is 1. The van der Waals surface area contributed by atoms with Gasteiger partial charge in [0.15, 0.2) is 5.11 Å². The van der Waals surface area contributed by atoms with Crippen LogP contribution in [-0.4, -0.2) is 41.5 Å². The van der Waals surface area contributed by atoms with Gasteiger partial charge in [0.05, 0.1) is 4.90 Å². The molecule has 0 spiro atoms. The van der Waals surface area contributed by atoms with Gasteiger partial charge in [-0.1, -0.05) is 0 Å². The molecule has 9 heteroatoms. The molecule has 0 aliphatic carbocycles. The van der Waals surface area contributed by atoms with E-state index in [1.54, 1.807) is 18.2 Å². The molecule has 0 bridgehead atoms. The molecule has 2 heterocycles. The zero-order valence-corrected chi connectivity index (χ0v) is 14.5. The van der Waals surface area contributed by atoms with Crippen LogP contribution in [0.1, 0.15) is 12.8 Å². The maximum absolute atomic E-state index is 12.3. The van der Waals surface area contributed by atoms with E-state index in [-0.39, 0.29) is 10.8 Å². The van der Waals surface area contributed by atoms with E-state index < -0.39 is 10.0 Å². The maximum Gasteiger partial charge on any atom is 0.264 e. The fourth-order valence-corrected chi connectivity index (χ4v) is 3.63. The van der Waals surface area contributed by atoms with E-state index in [9.17, 15) is 8.42 Å². The third-order valence-electron chi connectivity index (χ3n) is 3.60. The van der Waals surface area contributed by atoms with Crippen LogP contribution < -0.4 is 10.0 Å². The molecule has 1 aliphatic heterocycles. The van der Waals surface area contributed by atoms with Crippen LogP contribution in [-0.2, 0) is 10.0 Å². The molecule has 126 valence electrons. The Balaban J connectivity index is 1.68. The van der Waals surface area contributed by atoms with E-state index in [4.69, 9.17) is 12.2 Å². The predicted molar refractivity (Wildman–Crippen MR) is 96.3 cm³/mol. The Hall–Kier alpha value is -2.26. The average molecular weight is 363 g/mol. The van der Waals surface area contributed by atoms with Gasteiger partial charge in [-0.2, -0.15) is 0 Å². The Bertz CT molecular complexity index is 804. The van der Waals surface area contributed by atoms with Gasteiger partial charge in [0, 0.05) is 31.2 Å². The molecule has 1 fully saturated rings. The minimum absolute atomic E-state index is 0.0370. The van der Waals surface area contributed by atoms with Crippen molar-refractivity contribution in [3.8, 4) is 0 Å². The Kier molecular flexibility index (Phi) is 4.91. The zero-order valence-electron chi connectivity index (χ0n) is 12.8. The predicted octanol–water partition coefficient (Wildman–Crippen LogP) is 2.07. The zero-order chi connectivity index (χ0) is 17.0. The molecule has 1 aromatic heterocycles. The molecule has 0 atom stereocenters. The number of sulfonamides is 1. The largest absolute Gasteiger partial charge is 0.349 e. The van der Waals surface area contributed by atoms with Crippen molar-refractivity contribution in [1.82, 2.24) is 14.9 Å². The smallest absolute Gasteiger partial charge is 0.264 e. The number of aromatic nitrogens is 2. The quantitative estimate of drug-likeness (QED) is 0.804. The molecule has 0 saturated carbocycles. The first kappa shape index (κ1) is 16.6. The second kappa shape index (κ2) is 7.10. The van der Waals surface area contributed by atoms with Crippen molar-refractivity contribution in [3.05, 3.63) is 42.7 Å². The summed E-state index contributed by atoms with van der Waals surface area (Å²) in [5.41, 5.74) is 0.752. The van der Waals surface area contributed by atoms with Crippen LogP contribution in [0.4, 0.5) is 11.6 Å². The molecule has 0 unspecified atom stereocenters. The summed E-state index contributed by atoms with van der Waals surface area (Å²) < 4.78 is 26.9. The summed E-state index contributed by atoms with van der Waals surface area (Å²) in [6.07, 6.45) is 5.23. The van der Waals surface area contributed by atoms with Crippen molar-refractivity contribution < 1.29 is 8.42 Å². The minimum Gasteiger partial charge on any atom is -0.349 e. The first-order valence-corrected chi connectivity index (χ1v) is 9.39. The van der Waals surface area contributed by atoms with E-state index >= 15 is 0 Å². The number of hydrogen-bond donors (Lipinski definition) is 2. The summed E-state index contributed by atoms with van der Waals surface area (Å²) in [6.45, 7) is 1.92. The Labute approximate surface area is 146 Å². The van der Waals surface area contributed by atoms with Gasteiger partial charge in [0.1, 0.15) is 0 Å².